The molecule has 1 aromatic rings. The summed E-state index contributed by atoms with van der Waals surface area (Å²) < 4.78 is 11.4. The maximum Gasteiger partial charge on any atom is 0.161 e. The van der Waals surface area contributed by atoms with Crippen LogP contribution < -0.4 is 14.8 Å². The molecule has 116 valence electrons. The molecular formula is C18H27NO2. The average Bonchev–Trinajstić information content (AvgIpc) is 2.95. The molecule has 0 amide bonds. The molecule has 3 heteroatoms. The Hall–Kier alpha value is -1.22. The second-order valence-corrected chi connectivity index (χ2v) is 6.65. The molecular weight excluding hydrogens is 262 g/mol. The van der Waals surface area contributed by atoms with Gasteiger partial charge < -0.3 is 14.8 Å². The fourth-order valence-corrected chi connectivity index (χ4v) is 3.77. The van der Waals surface area contributed by atoms with Crippen molar-refractivity contribution in [3.8, 4) is 11.5 Å². The molecule has 3 nitrogen and oxygen atoms in total. The van der Waals surface area contributed by atoms with Gasteiger partial charge in [-0.25, -0.2) is 0 Å². The van der Waals surface area contributed by atoms with Crippen LogP contribution in [-0.2, 0) is 0 Å². The van der Waals surface area contributed by atoms with Crippen LogP contribution in [-0.4, -0.2) is 19.8 Å². The first-order chi connectivity index (χ1) is 10.2. The summed E-state index contributed by atoms with van der Waals surface area (Å²) in [7, 11) is 0. The highest BCUT2D eigenvalue weighted by molar-refractivity contribution is 5.45. The molecule has 0 bridgehead atoms. The molecule has 1 saturated carbocycles. The highest BCUT2D eigenvalue weighted by Crippen LogP contribution is 2.48. The summed E-state index contributed by atoms with van der Waals surface area (Å²) in [5.74, 6) is 1.79. The Kier molecular flexibility index (Phi) is 4.39. The largest absolute Gasteiger partial charge is 0.486 e. The van der Waals surface area contributed by atoms with Crippen molar-refractivity contribution in [2.24, 2.45) is 5.41 Å². The summed E-state index contributed by atoms with van der Waals surface area (Å²) >= 11 is 0. The molecule has 1 aliphatic carbocycles. The minimum atomic E-state index is 0.360. The van der Waals surface area contributed by atoms with Crippen LogP contribution >= 0.6 is 0 Å². The number of hydrogen-bond acceptors (Lipinski definition) is 3. The van der Waals surface area contributed by atoms with E-state index in [9.17, 15) is 0 Å². The smallest absolute Gasteiger partial charge is 0.161 e. The molecule has 2 aliphatic rings. The summed E-state index contributed by atoms with van der Waals surface area (Å²) in [5, 5.41) is 3.78. The van der Waals surface area contributed by atoms with Gasteiger partial charge in [-0.2, -0.15) is 0 Å². The van der Waals surface area contributed by atoms with Crippen LogP contribution in [0.3, 0.4) is 0 Å². The van der Waals surface area contributed by atoms with Gasteiger partial charge in [0.25, 0.3) is 0 Å². The summed E-state index contributed by atoms with van der Waals surface area (Å²) in [4.78, 5) is 0. The van der Waals surface area contributed by atoms with Crippen molar-refractivity contribution in [2.45, 2.75) is 52.0 Å². The molecule has 1 heterocycles. The topological polar surface area (TPSA) is 30.5 Å². The van der Waals surface area contributed by atoms with E-state index in [4.69, 9.17) is 9.47 Å². The highest BCUT2D eigenvalue weighted by Gasteiger charge is 2.37. The fraction of sp³-hybridized carbons (Fsp3) is 0.667. The summed E-state index contributed by atoms with van der Waals surface area (Å²) in [6.07, 6.45) is 6.49. The van der Waals surface area contributed by atoms with E-state index in [0.717, 1.165) is 24.5 Å². The van der Waals surface area contributed by atoms with E-state index in [2.05, 4.69) is 37.4 Å². The van der Waals surface area contributed by atoms with Crippen molar-refractivity contribution in [1.82, 2.24) is 5.32 Å². The molecule has 21 heavy (non-hydrogen) atoms. The van der Waals surface area contributed by atoms with Gasteiger partial charge in [-0.15, -0.1) is 0 Å². The van der Waals surface area contributed by atoms with E-state index >= 15 is 0 Å². The van der Waals surface area contributed by atoms with Crippen LogP contribution in [0.1, 0.15) is 57.6 Å². The predicted octanol–water partition coefficient (Wildman–Crippen LogP) is 4.08. The number of rotatable bonds is 5. The first-order valence-corrected chi connectivity index (χ1v) is 8.36. The number of benzene rings is 1. The zero-order chi connectivity index (χ0) is 14.7. The van der Waals surface area contributed by atoms with Gasteiger partial charge in [0.05, 0.1) is 0 Å². The van der Waals surface area contributed by atoms with Gasteiger partial charge in [-0.05, 0) is 48.9 Å². The molecule has 3 rings (SSSR count). The summed E-state index contributed by atoms with van der Waals surface area (Å²) in [6, 6.07) is 6.88. The standard InChI is InChI=1S/C18H27NO2/c1-3-10-19-17(18(2)8-4-5-9-18)14-6-7-15-16(13-14)21-12-11-20-15/h6-7,13,17,19H,3-5,8-12H2,1-2H3. The predicted molar refractivity (Wildman–Crippen MR) is 85.0 cm³/mol. The van der Waals surface area contributed by atoms with Gasteiger partial charge in [0, 0.05) is 6.04 Å². The van der Waals surface area contributed by atoms with E-state index in [1.807, 2.05) is 0 Å². The highest BCUT2D eigenvalue weighted by atomic mass is 16.6. The Morgan fingerprint density at radius 3 is 2.57 bits per heavy atom. The number of ether oxygens (including phenoxy) is 2. The SMILES string of the molecule is CCCNC(c1ccc2c(c1)OCCO2)C1(C)CCCC1. The molecule has 1 aromatic carbocycles. The van der Waals surface area contributed by atoms with Crippen LogP contribution in [0.2, 0.25) is 0 Å². The lowest BCUT2D eigenvalue weighted by molar-refractivity contribution is 0.170. The summed E-state index contributed by atoms with van der Waals surface area (Å²) in [5.41, 5.74) is 1.70. The van der Waals surface area contributed by atoms with E-state index in [1.54, 1.807) is 0 Å². The first kappa shape index (κ1) is 14.7. The lowest BCUT2D eigenvalue weighted by Gasteiger charge is -2.36. The second kappa shape index (κ2) is 6.27. The van der Waals surface area contributed by atoms with E-state index < -0.39 is 0 Å². The zero-order valence-corrected chi connectivity index (χ0v) is 13.3. The number of fused-ring (bicyclic) bond motifs is 1. The molecule has 1 aliphatic heterocycles. The maximum absolute atomic E-state index is 5.76. The van der Waals surface area contributed by atoms with E-state index in [0.29, 0.717) is 24.7 Å². The Balaban J connectivity index is 1.88. The molecule has 1 unspecified atom stereocenters. The summed E-state index contributed by atoms with van der Waals surface area (Å²) in [6.45, 7) is 7.03. The Labute approximate surface area is 128 Å². The van der Waals surface area contributed by atoms with Crippen LogP contribution in [0.25, 0.3) is 0 Å². The third-order valence-corrected chi connectivity index (χ3v) is 4.94. The van der Waals surface area contributed by atoms with Crippen LogP contribution in [0.4, 0.5) is 0 Å². The average molecular weight is 289 g/mol. The van der Waals surface area contributed by atoms with E-state index in [-0.39, 0.29) is 0 Å². The van der Waals surface area contributed by atoms with Gasteiger partial charge >= 0.3 is 0 Å². The van der Waals surface area contributed by atoms with Gasteiger partial charge in [0.15, 0.2) is 11.5 Å². The third kappa shape index (κ3) is 3.03. The van der Waals surface area contributed by atoms with Crippen molar-refractivity contribution >= 4 is 0 Å². The Morgan fingerprint density at radius 1 is 1.14 bits per heavy atom. The molecule has 0 radical (unpaired) electrons. The van der Waals surface area contributed by atoms with Crippen molar-refractivity contribution in [2.75, 3.05) is 19.8 Å². The van der Waals surface area contributed by atoms with Crippen molar-refractivity contribution in [3.63, 3.8) is 0 Å². The van der Waals surface area contributed by atoms with Crippen molar-refractivity contribution < 1.29 is 9.47 Å². The van der Waals surface area contributed by atoms with Crippen LogP contribution in [0.5, 0.6) is 11.5 Å². The van der Waals surface area contributed by atoms with Crippen LogP contribution in [0.15, 0.2) is 18.2 Å². The minimum absolute atomic E-state index is 0.360. The molecule has 1 N–H and O–H groups in total. The number of nitrogens with one attached hydrogen (secondary N) is 1. The molecule has 1 atom stereocenters. The van der Waals surface area contributed by atoms with Gasteiger partial charge in [-0.1, -0.05) is 32.8 Å². The minimum Gasteiger partial charge on any atom is -0.486 e. The zero-order valence-electron chi connectivity index (χ0n) is 13.3. The van der Waals surface area contributed by atoms with Gasteiger partial charge in [-0.3, -0.25) is 0 Å². The molecule has 1 fully saturated rings. The molecule has 0 aromatic heterocycles. The fourth-order valence-electron chi connectivity index (χ4n) is 3.77. The monoisotopic (exact) mass is 289 g/mol. The third-order valence-electron chi connectivity index (χ3n) is 4.94. The Bertz CT molecular complexity index is 480. The van der Waals surface area contributed by atoms with Crippen molar-refractivity contribution in [1.29, 1.82) is 0 Å². The lowest BCUT2D eigenvalue weighted by Crippen LogP contribution is -2.35. The van der Waals surface area contributed by atoms with Crippen LogP contribution in [0, 0.1) is 5.41 Å². The first-order valence-electron chi connectivity index (χ1n) is 8.36. The van der Waals surface area contributed by atoms with Crippen molar-refractivity contribution in [3.05, 3.63) is 23.8 Å². The Morgan fingerprint density at radius 2 is 1.86 bits per heavy atom. The number of hydrogen-bond donors (Lipinski definition) is 1. The second-order valence-electron chi connectivity index (χ2n) is 6.65. The lowest BCUT2D eigenvalue weighted by atomic mass is 9.77. The van der Waals surface area contributed by atoms with Gasteiger partial charge in [0.1, 0.15) is 13.2 Å². The normalized spacial score (nSPS) is 21.2. The molecule has 0 saturated heterocycles. The molecule has 0 spiro atoms. The maximum atomic E-state index is 5.76. The van der Waals surface area contributed by atoms with Gasteiger partial charge in [0.2, 0.25) is 0 Å². The van der Waals surface area contributed by atoms with E-state index in [1.165, 1.54) is 31.2 Å². The quantitative estimate of drug-likeness (QED) is 0.886.